The molecule has 2 aromatic carbocycles. The second-order valence-corrected chi connectivity index (χ2v) is 13.5. The van der Waals surface area contributed by atoms with Crippen LogP contribution < -0.4 is 0 Å². The predicted molar refractivity (Wildman–Crippen MR) is 116 cm³/mol. The molecule has 0 saturated heterocycles. The summed E-state index contributed by atoms with van der Waals surface area (Å²) in [5.41, 5.74) is -3.46. The minimum absolute atomic E-state index is 0.294. The Kier molecular flexibility index (Phi) is 7.13. The maximum absolute atomic E-state index is 12.2. The van der Waals surface area contributed by atoms with Gasteiger partial charge in [-0.2, -0.15) is 33.7 Å². The van der Waals surface area contributed by atoms with Crippen molar-refractivity contribution < 1.29 is 51.9 Å². The zero-order valence-electron chi connectivity index (χ0n) is 15.6. The van der Waals surface area contributed by atoms with Crippen molar-refractivity contribution in [1.82, 2.24) is 0 Å². The summed E-state index contributed by atoms with van der Waals surface area (Å²) in [5.74, 6) is 0. The molecule has 0 aliphatic rings. The molecule has 2 rings (SSSR count). The Bertz CT molecular complexity index is 1470. The molecule has 0 atom stereocenters. The van der Waals surface area contributed by atoms with Gasteiger partial charge < -0.3 is 0 Å². The van der Waals surface area contributed by atoms with E-state index in [-0.39, 0.29) is 8.95 Å². The molecule has 32 heavy (non-hydrogen) atoms. The van der Waals surface area contributed by atoms with Crippen molar-refractivity contribution in [1.29, 1.82) is 0 Å². The van der Waals surface area contributed by atoms with Crippen molar-refractivity contribution >= 4 is 72.3 Å². The highest BCUT2D eigenvalue weighted by atomic mass is 79.9. The molecule has 12 nitrogen and oxygen atoms in total. The highest BCUT2D eigenvalue weighted by molar-refractivity contribution is 9.10. The van der Waals surface area contributed by atoms with Gasteiger partial charge in [0.15, 0.2) is 0 Å². The van der Waals surface area contributed by atoms with Gasteiger partial charge >= 0.3 is 0 Å². The second kappa shape index (κ2) is 8.36. The van der Waals surface area contributed by atoms with Crippen LogP contribution in [0.4, 0.5) is 0 Å². The summed E-state index contributed by atoms with van der Waals surface area (Å²) in [6.07, 6.45) is 0. The first kappa shape index (κ1) is 27.3. The molecule has 0 fully saturated rings. The number of rotatable bonds is 5. The summed E-state index contributed by atoms with van der Waals surface area (Å²) >= 11 is 5.67. The van der Waals surface area contributed by atoms with Crippen molar-refractivity contribution in [3.8, 4) is 11.1 Å². The standard InChI is InChI=1S/C14H12Br2O12S4/c1-5-7(15)3-9(29(17,18)19)11(13(5)31(23,24)25)12-10(30(20,21)22)4-8(16)6(2)14(12)32(26,27)28/h3-4H,1-2H3,(H,17,18,19)(H,20,21,22)(H,23,24,25)(H,26,27,28). The van der Waals surface area contributed by atoms with E-state index in [1.165, 1.54) is 0 Å². The second-order valence-electron chi connectivity index (χ2n) is 6.27. The number of halogens is 2. The van der Waals surface area contributed by atoms with E-state index in [9.17, 15) is 51.9 Å². The lowest BCUT2D eigenvalue weighted by atomic mass is 10.0. The van der Waals surface area contributed by atoms with E-state index in [0.29, 0.717) is 12.1 Å². The lowest BCUT2D eigenvalue weighted by molar-refractivity contribution is 0.473. The van der Waals surface area contributed by atoms with Crippen LogP contribution in [0, 0.1) is 13.8 Å². The van der Waals surface area contributed by atoms with Crippen LogP contribution in [0.1, 0.15) is 11.1 Å². The lowest BCUT2D eigenvalue weighted by Crippen LogP contribution is -2.16. The van der Waals surface area contributed by atoms with E-state index in [1.54, 1.807) is 0 Å². The van der Waals surface area contributed by atoms with E-state index in [1.807, 2.05) is 0 Å². The third kappa shape index (κ3) is 5.08. The minimum atomic E-state index is -5.44. The topological polar surface area (TPSA) is 217 Å². The van der Waals surface area contributed by atoms with E-state index < -0.39 is 82.3 Å². The third-order valence-electron chi connectivity index (χ3n) is 4.18. The Labute approximate surface area is 199 Å². The fourth-order valence-corrected chi connectivity index (χ4v) is 7.87. The molecule has 0 amide bonds. The summed E-state index contributed by atoms with van der Waals surface area (Å²) in [6, 6.07) is 1.24. The molecule has 0 saturated carbocycles. The van der Waals surface area contributed by atoms with Crippen LogP contribution in [0.3, 0.4) is 0 Å². The first-order chi connectivity index (χ1) is 14.1. The Morgan fingerprint density at radius 1 is 0.562 bits per heavy atom. The van der Waals surface area contributed by atoms with Crippen LogP contribution in [0.2, 0.25) is 0 Å². The average Bonchev–Trinajstić information content (AvgIpc) is 2.54. The molecule has 0 spiro atoms. The molecule has 0 radical (unpaired) electrons. The van der Waals surface area contributed by atoms with Crippen molar-refractivity contribution in [3.05, 3.63) is 32.2 Å². The van der Waals surface area contributed by atoms with Gasteiger partial charge in [-0.25, -0.2) is 0 Å². The quantitative estimate of drug-likeness (QED) is 0.340. The van der Waals surface area contributed by atoms with Crippen LogP contribution in [-0.2, 0) is 40.5 Å². The maximum atomic E-state index is 12.2. The first-order valence-electron chi connectivity index (χ1n) is 7.66. The Balaban J connectivity index is 3.60. The molecular formula is C14H12Br2O12S4. The van der Waals surface area contributed by atoms with Gasteiger partial charge in [0, 0.05) is 20.1 Å². The monoisotopic (exact) mass is 658 g/mol. The van der Waals surface area contributed by atoms with Crippen LogP contribution in [0.5, 0.6) is 0 Å². The van der Waals surface area contributed by atoms with Gasteiger partial charge in [0.05, 0.1) is 0 Å². The fourth-order valence-electron chi connectivity index (χ4n) is 2.93. The van der Waals surface area contributed by atoms with Gasteiger partial charge in [-0.3, -0.25) is 18.2 Å². The molecular weight excluding hydrogens is 648 g/mol. The lowest BCUT2D eigenvalue weighted by Gasteiger charge is -2.21. The minimum Gasteiger partial charge on any atom is -0.282 e. The smallest absolute Gasteiger partial charge is 0.282 e. The van der Waals surface area contributed by atoms with Crippen molar-refractivity contribution in [2.24, 2.45) is 0 Å². The number of hydrogen-bond acceptors (Lipinski definition) is 8. The van der Waals surface area contributed by atoms with Crippen molar-refractivity contribution in [3.63, 3.8) is 0 Å². The number of benzene rings is 2. The molecule has 18 heteroatoms. The molecule has 0 unspecified atom stereocenters. The Hall–Kier alpha value is -0.960. The maximum Gasteiger partial charge on any atom is 0.295 e. The van der Waals surface area contributed by atoms with Crippen LogP contribution in [0.15, 0.2) is 40.7 Å². The largest absolute Gasteiger partial charge is 0.295 e. The van der Waals surface area contributed by atoms with Crippen LogP contribution in [0.25, 0.3) is 11.1 Å². The van der Waals surface area contributed by atoms with Gasteiger partial charge in [-0.05, 0) is 37.1 Å². The molecule has 4 N–H and O–H groups in total. The fraction of sp³-hybridized carbons (Fsp3) is 0.143. The highest BCUT2D eigenvalue weighted by Gasteiger charge is 2.37. The molecule has 0 aromatic heterocycles. The van der Waals surface area contributed by atoms with E-state index in [2.05, 4.69) is 31.9 Å². The summed E-state index contributed by atoms with van der Waals surface area (Å²) in [4.78, 5) is -5.31. The normalized spacial score (nSPS) is 13.4. The molecule has 178 valence electrons. The first-order valence-corrected chi connectivity index (χ1v) is 15.0. The van der Waals surface area contributed by atoms with E-state index in [0.717, 1.165) is 13.8 Å². The van der Waals surface area contributed by atoms with Crippen molar-refractivity contribution in [2.45, 2.75) is 33.4 Å². The van der Waals surface area contributed by atoms with Gasteiger partial charge in [0.25, 0.3) is 40.5 Å². The highest BCUT2D eigenvalue weighted by Crippen LogP contribution is 2.46. The van der Waals surface area contributed by atoms with Crippen molar-refractivity contribution in [2.75, 3.05) is 0 Å². The summed E-state index contributed by atoms with van der Waals surface area (Å²) in [7, 11) is -21.7. The number of hydrogen-bond donors (Lipinski definition) is 4. The summed E-state index contributed by atoms with van der Waals surface area (Å²) in [5, 5.41) is 0. The van der Waals surface area contributed by atoms with Gasteiger partial charge in [-0.15, -0.1) is 0 Å². The molecule has 0 aliphatic heterocycles. The van der Waals surface area contributed by atoms with Gasteiger partial charge in [0.1, 0.15) is 19.6 Å². The zero-order chi connectivity index (χ0) is 25.2. The van der Waals surface area contributed by atoms with Gasteiger partial charge in [-0.1, -0.05) is 31.9 Å². The van der Waals surface area contributed by atoms with E-state index >= 15 is 0 Å². The summed E-state index contributed by atoms with van der Waals surface area (Å²) < 4.78 is 135. The predicted octanol–water partition coefficient (Wildman–Crippen LogP) is 2.48. The van der Waals surface area contributed by atoms with Gasteiger partial charge in [0.2, 0.25) is 0 Å². The molecule has 2 aromatic rings. The Morgan fingerprint density at radius 3 is 1.00 bits per heavy atom. The zero-order valence-corrected chi connectivity index (χ0v) is 22.0. The third-order valence-corrected chi connectivity index (χ3v) is 9.64. The average molecular weight is 660 g/mol. The summed E-state index contributed by atoms with van der Waals surface area (Å²) in [6.45, 7) is 2.08. The Morgan fingerprint density at radius 2 is 0.812 bits per heavy atom. The molecule has 0 bridgehead atoms. The van der Waals surface area contributed by atoms with Crippen LogP contribution in [-0.4, -0.2) is 51.9 Å². The molecule has 0 heterocycles. The SMILES string of the molecule is Cc1c(Br)cc(S(=O)(=O)O)c(-c2c(S(=O)(=O)O)cc(Br)c(C)c2S(=O)(=O)O)c1S(=O)(=O)O. The molecule has 0 aliphatic carbocycles. The van der Waals surface area contributed by atoms with Crippen LogP contribution >= 0.6 is 31.9 Å². The van der Waals surface area contributed by atoms with E-state index in [4.69, 9.17) is 0 Å².